The van der Waals surface area contributed by atoms with Crippen LogP contribution in [-0.4, -0.2) is 43.1 Å². The summed E-state index contributed by atoms with van der Waals surface area (Å²) in [5.41, 5.74) is 0.693. The van der Waals surface area contributed by atoms with Gasteiger partial charge in [-0.1, -0.05) is 5.21 Å². The summed E-state index contributed by atoms with van der Waals surface area (Å²) in [5.74, 6) is -1.68. The molecule has 11 nitrogen and oxygen atoms in total. The Labute approximate surface area is 179 Å². The van der Waals surface area contributed by atoms with Crippen molar-refractivity contribution in [3.8, 4) is 17.3 Å². The summed E-state index contributed by atoms with van der Waals surface area (Å²) in [5, 5.41) is 13.0. The molecule has 0 radical (unpaired) electrons. The first-order valence-electron chi connectivity index (χ1n) is 9.40. The number of halogens is 2. The van der Waals surface area contributed by atoms with Crippen molar-refractivity contribution >= 4 is 23.5 Å². The van der Waals surface area contributed by atoms with Gasteiger partial charge in [0.15, 0.2) is 17.6 Å². The average molecular weight is 445 g/mol. The molecule has 2 N–H and O–H groups in total. The molecule has 32 heavy (non-hydrogen) atoms. The maximum atomic E-state index is 13.8. The fourth-order valence-corrected chi connectivity index (χ4v) is 2.96. The minimum atomic E-state index is -1.12. The van der Waals surface area contributed by atoms with Crippen LogP contribution >= 0.6 is 0 Å². The fraction of sp³-hybridized carbons (Fsp3) is 0.263. The molecule has 1 aliphatic heterocycles. The minimum absolute atomic E-state index is 0.139. The van der Waals surface area contributed by atoms with E-state index in [2.05, 4.69) is 30.9 Å². The lowest BCUT2D eigenvalue weighted by atomic mass is 10.2. The van der Waals surface area contributed by atoms with Gasteiger partial charge in [-0.2, -0.15) is 4.39 Å². The third-order valence-corrected chi connectivity index (χ3v) is 4.62. The molecule has 2 amide bonds. The summed E-state index contributed by atoms with van der Waals surface area (Å²) >= 11 is 0. The van der Waals surface area contributed by atoms with Crippen LogP contribution in [0.5, 0.6) is 5.88 Å². The van der Waals surface area contributed by atoms with E-state index < -0.39 is 30.1 Å². The molecule has 1 aliphatic rings. The molecule has 166 valence electrons. The maximum Gasteiger partial charge on any atom is 0.413 e. The molecular formula is C19H17F2N7O4. The Hall–Kier alpha value is -4.16. The second-order valence-electron chi connectivity index (χ2n) is 6.91. The summed E-state index contributed by atoms with van der Waals surface area (Å²) in [6, 6.07) is 4.05. The third-order valence-electron chi connectivity index (χ3n) is 4.62. The van der Waals surface area contributed by atoms with Crippen molar-refractivity contribution in [2.24, 2.45) is 7.05 Å². The van der Waals surface area contributed by atoms with Crippen LogP contribution < -0.4 is 15.4 Å². The Bertz CT molecular complexity index is 1220. The molecule has 2 atom stereocenters. The monoisotopic (exact) mass is 445 g/mol. The number of aryl methyl sites for hydroxylation is 1. The van der Waals surface area contributed by atoms with Gasteiger partial charge in [0.25, 0.3) is 5.91 Å². The highest BCUT2D eigenvalue weighted by atomic mass is 19.1. The highest BCUT2D eigenvalue weighted by molar-refractivity contribution is 5.97. The van der Waals surface area contributed by atoms with E-state index in [-0.39, 0.29) is 28.9 Å². The van der Waals surface area contributed by atoms with E-state index in [0.29, 0.717) is 11.4 Å². The van der Waals surface area contributed by atoms with Crippen molar-refractivity contribution in [1.29, 1.82) is 0 Å². The molecule has 0 saturated carbocycles. The zero-order valence-corrected chi connectivity index (χ0v) is 17.1. The Morgan fingerprint density at radius 3 is 2.94 bits per heavy atom. The van der Waals surface area contributed by atoms with E-state index >= 15 is 0 Å². The minimum Gasteiger partial charge on any atom is -0.463 e. The number of carbonyl (C=O) groups excluding carboxylic acids is 2. The van der Waals surface area contributed by atoms with E-state index in [4.69, 9.17) is 9.47 Å². The third kappa shape index (κ3) is 4.04. The van der Waals surface area contributed by atoms with Crippen LogP contribution in [0.15, 0.2) is 24.4 Å². The topological polar surface area (TPSA) is 133 Å². The first-order valence-corrected chi connectivity index (χ1v) is 9.40. The Balaban J connectivity index is 1.55. The predicted molar refractivity (Wildman–Crippen MR) is 106 cm³/mol. The summed E-state index contributed by atoms with van der Waals surface area (Å²) in [7, 11) is 1.53. The average Bonchev–Trinajstić information content (AvgIpc) is 3.10. The van der Waals surface area contributed by atoms with Gasteiger partial charge in [-0.15, -0.1) is 5.10 Å². The van der Waals surface area contributed by atoms with E-state index in [0.717, 1.165) is 12.3 Å². The molecule has 4 heterocycles. The van der Waals surface area contributed by atoms with Crippen LogP contribution in [0.2, 0.25) is 0 Å². The second kappa shape index (κ2) is 8.17. The van der Waals surface area contributed by atoms with Gasteiger partial charge >= 0.3 is 6.09 Å². The molecule has 13 heteroatoms. The fourth-order valence-electron chi connectivity index (χ4n) is 2.96. The molecule has 0 bridgehead atoms. The van der Waals surface area contributed by atoms with E-state index in [1.165, 1.54) is 18.7 Å². The summed E-state index contributed by atoms with van der Waals surface area (Å²) < 4.78 is 39.1. The number of pyridine rings is 2. The first-order chi connectivity index (χ1) is 15.2. The Kier molecular flexibility index (Phi) is 5.38. The van der Waals surface area contributed by atoms with Crippen LogP contribution in [0.4, 0.5) is 25.1 Å². The van der Waals surface area contributed by atoms with E-state index in [9.17, 15) is 18.4 Å². The van der Waals surface area contributed by atoms with Crippen molar-refractivity contribution in [3.63, 3.8) is 0 Å². The summed E-state index contributed by atoms with van der Waals surface area (Å²) in [6.07, 6.45) is -2.08. The Morgan fingerprint density at radius 2 is 2.16 bits per heavy atom. The van der Waals surface area contributed by atoms with Crippen molar-refractivity contribution in [3.05, 3.63) is 41.7 Å². The van der Waals surface area contributed by atoms with Crippen molar-refractivity contribution in [2.75, 3.05) is 10.6 Å². The summed E-state index contributed by atoms with van der Waals surface area (Å²) in [4.78, 5) is 31.7. The number of amides is 2. The summed E-state index contributed by atoms with van der Waals surface area (Å²) in [6.45, 7) is 2.95. The van der Waals surface area contributed by atoms with Gasteiger partial charge < -0.3 is 14.8 Å². The second-order valence-corrected chi connectivity index (χ2v) is 6.91. The number of ether oxygens (including phenoxy) is 2. The molecule has 4 rings (SSSR count). The molecule has 1 unspecified atom stereocenters. The number of hydrogen-bond donors (Lipinski definition) is 2. The molecule has 0 aliphatic carbocycles. The smallest absolute Gasteiger partial charge is 0.413 e. The van der Waals surface area contributed by atoms with Crippen molar-refractivity contribution in [2.45, 2.75) is 26.1 Å². The van der Waals surface area contributed by atoms with Gasteiger partial charge in [0, 0.05) is 7.05 Å². The zero-order chi connectivity index (χ0) is 23.0. The van der Waals surface area contributed by atoms with Gasteiger partial charge in [-0.3, -0.25) is 10.1 Å². The van der Waals surface area contributed by atoms with Crippen LogP contribution in [0.1, 0.15) is 25.5 Å². The number of carbonyl (C=O) groups is 2. The lowest BCUT2D eigenvalue weighted by Crippen LogP contribution is -2.34. The van der Waals surface area contributed by atoms with E-state index in [1.807, 2.05) is 0 Å². The first kappa shape index (κ1) is 21.1. The molecule has 0 fully saturated rings. The van der Waals surface area contributed by atoms with Gasteiger partial charge in [-0.05, 0) is 32.0 Å². The number of nitrogens with zero attached hydrogens (tertiary/aromatic N) is 5. The predicted octanol–water partition coefficient (Wildman–Crippen LogP) is 2.58. The molecule has 3 aromatic rings. The van der Waals surface area contributed by atoms with Gasteiger partial charge in [0.2, 0.25) is 11.8 Å². The molecular weight excluding hydrogens is 428 g/mol. The number of fused-ring (bicyclic) bond motifs is 1. The SMILES string of the molecule is CC1Oc2nc(-c3nnn(C)c3NC(=O)O[C@H](C)c3cc(F)cnc3F)ccc2NC1=O. The number of rotatable bonds is 4. The number of anilines is 2. The van der Waals surface area contributed by atoms with Crippen molar-refractivity contribution in [1.82, 2.24) is 25.0 Å². The van der Waals surface area contributed by atoms with Crippen LogP contribution in [0.25, 0.3) is 11.4 Å². The maximum absolute atomic E-state index is 13.8. The molecule has 0 aromatic carbocycles. The van der Waals surface area contributed by atoms with Crippen molar-refractivity contribution < 1.29 is 27.8 Å². The number of hydrogen-bond acceptors (Lipinski definition) is 8. The standard InChI is InChI=1S/C19H17F2N7O4/c1-8(11-6-10(20)7-22-15(11)21)32-19(30)25-16-14(26-27-28(16)3)12-4-5-13-18(24-12)31-9(2)17(29)23-13/h4-9H,1-3H3,(H,23,29)(H,25,30)/t8-,9?/m1/s1. The molecule has 0 spiro atoms. The Morgan fingerprint density at radius 1 is 1.38 bits per heavy atom. The number of aromatic nitrogens is 5. The number of nitrogens with one attached hydrogen (secondary N) is 2. The van der Waals surface area contributed by atoms with Crippen LogP contribution in [0, 0.1) is 11.8 Å². The molecule has 0 saturated heterocycles. The highest BCUT2D eigenvalue weighted by Crippen LogP contribution is 2.32. The highest BCUT2D eigenvalue weighted by Gasteiger charge is 2.27. The van der Waals surface area contributed by atoms with E-state index in [1.54, 1.807) is 19.1 Å². The molecule has 3 aromatic heterocycles. The lowest BCUT2D eigenvalue weighted by Gasteiger charge is -2.22. The lowest BCUT2D eigenvalue weighted by molar-refractivity contribution is -0.122. The largest absolute Gasteiger partial charge is 0.463 e. The van der Waals surface area contributed by atoms with Gasteiger partial charge in [0.1, 0.15) is 17.6 Å². The van der Waals surface area contributed by atoms with Crippen LogP contribution in [0.3, 0.4) is 0 Å². The van der Waals surface area contributed by atoms with Gasteiger partial charge in [-0.25, -0.2) is 23.8 Å². The normalized spacial score (nSPS) is 15.9. The quantitative estimate of drug-likeness (QED) is 0.586. The zero-order valence-electron chi connectivity index (χ0n) is 17.1. The van der Waals surface area contributed by atoms with Gasteiger partial charge in [0.05, 0.1) is 17.5 Å². The van der Waals surface area contributed by atoms with Crippen LogP contribution in [-0.2, 0) is 16.6 Å².